The Balaban J connectivity index is 1.80. The minimum atomic E-state index is -0.329. The van der Waals surface area contributed by atoms with Crippen LogP contribution in [-0.4, -0.2) is 36.2 Å². The smallest absolute Gasteiger partial charge is 0.273 e. The van der Waals surface area contributed by atoms with Crippen molar-refractivity contribution in [2.24, 2.45) is 4.99 Å². The summed E-state index contributed by atoms with van der Waals surface area (Å²) in [5, 5.41) is 8.36. The number of rotatable bonds is 10. The van der Waals surface area contributed by atoms with Crippen molar-refractivity contribution >= 4 is 23.8 Å². The molecule has 0 atom stereocenters. The van der Waals surface area contributed by atoms with E-state index in [1.54, 1.807) is 30.6 Å². The first-order chi connectivity index (χ1) is 15.6. The quantitative estimate of drug-likeness (QED) is 0.257. The number of aliphatic imine (C=N–C) groups is 1. The van der Waals surface area contributed by atoms with Gasteiger partial charge in [0.25, 0.3) is 5.91 Å². The van der Waals surface area contributed by atoms with E-state index >= 15 is 0 Å². The van der Waals surface area contributed by atoms with Crippen LogP contribution < -0.4 is 16.0 Å². The fourth-order valence-corrected chi connectivity index (χ4v) is 2.91. The Hall–Kier alpha value is -4.20. The first-order valence-corrected chi connectivity index (χ1v) is 10.2. The van der Waals surface area contributed by atoms with E-state index < -0.39 is 0 Å². The molecule has 0 aliphatic heterocycles. The lowest BCUT2D eigenvalue weighted by Crippen LogP contribution is -2.25. The maximum absolute atomic E-state index is 12.9. The largest absolute Gasteiger partial charge is 0.435 e. The van der Waals surface area contributed by atoms with Gasteiger partial charge in [-0.2, -0.15) is 0 Å². The van der Waals surface area contributed by atoms with Gasteiger partial charge in [0.1, 0.15) is 0 Å². The average Bonchev–Trinajstić information content (AvgIpc) is 3.25. The molecule has 2 amide bonds. The molecule has 2 aromatic carbocycles. The van der Waals surface area contributed by atoms with Crippen LogP contribution in [0.15, 0.2) is 76.8 Å². The molecule has 3 N–H and O–H groups in total. The number of oxazole rings is 1. The number of hydrogen-bond acceptors (Lipinski definition) is 5. The van der Waals surface area contributed by atoms with E-state index in [2.05, 4.69) is 32.5 Å². The van der Waals surface area contributed by atoms with E-state index in [0.717, 1.165) is 5.56 Å². The number of benzene rings is 2. The van der Waals surface area contributed by atoms with Crippen LogP contribution in [-0.2, 0) is 4.79 Å². The predicted octanol–water partition coefficient (Wildman–Crippen LogP) is 3.85. The zero-order valence-corrected chi connectivity index (χ0v) is 17.8. The highest BCUT2D eigenvalue weighted by Crippen LogP contribution is 2.30. The molecule has 0 fully saturated rings. The number of hydrogen-bond donors (Lipinski definition) is 3. The molecule has 0 radical (unpaired) electrons. The number of carbonyl (C=O) groups is 2. The molecule has 0 aliphatic rings. The summed E-state index contributed by atoms with van der Waals surface area (Å²) in [5.41, 5.74) is 2.31. The fourth-order valence-electron chi connectivity index (χ4n) is 2.91. The Bertz CT molecular complexity index is 1090. The van der Waals surface area contributed by atoms with Crippen molar-refractivity contribution in [2.45, 2.75) is 13.3 Å². The summed E-state index contributed by atoms with van der Waals surface area (Å²) in [6.07, 6.45) is 3.76. The van der Waals surface area contributed by atoms with E-state index in [9.17, 15) is 9.59 Å². The van der Waals surface area contributed by atoms with Crippen LogP contribution in [0.3, 0.4) is 0 Å². The van der Waals surface area contributed by atoms with Crippen LogP contribution in [0, 0.1) is 0 Å². The molecule has 3 rings (SSSR count). The summed E-state index contributed by atoms with van der Waals surface area (Å²) in [4.78, 5) is 32.8. The number of nitrogens with one attached hydrogen (secondary N) is 3. The van der Waals surface area contributed by atoms with E-state index in [-0.39, 0.29) is 17.5 Å². The van der Waals surface area contributed by atoms with Gasteiger partial charge < -0.3 is 20.4 Å². The topological polar surface area (TPSA) is 109 Å². The molecule has 164 valence electrons. The lowest BCUT2D eigenvalue weighted by atomic mass is 10.1. The number of aromatic nitrogens is 1. The summed E-state index contributed by atoms with van der Waals surface area (Å²) >= 11 is 0. The number of carbonyl (C=O) groups excluding carboxylic acids is 2. The van der Waals surface area contributed by atoms with Crippen molar-refractivity contribution in [1.29, 1.82) is 0 Å². The molecule has 0 aliphatic carbocycles. The molecule has 8 nitrogen and oxygen atoms in total. The van der Waals surface area contributed by atoms with Gasteiger partial charge in [-0.1, -0.05) is 24.8 Å². The lowest BCUT2D eigenvalue weighted by Gasteiger charge is -2.05. The van der Waals surface area contributed by atoms with E-state index in [4.69, 9.17) is 4.42 Å². The lowest BCUT2D eigenvalue weighted by molar-refractivity contribution is -0.114. The second kappa shape index (κ2) is 11.3. The van der Waals surface area contributed by atoms with Crippen molar-refractivity contribution in [3.63, 3.8) is 0 Å². The van der Waals surface area contributed by atoms with Crippen molar-refractivity contribution in [2.75, 3.05) is 18.4 Å². The molecule has 0 spiro atoms. The molecule has 8 heteroatoms. The highest BCUT2D eigenvalue weighted by atomic mass is 16.4. The van der Waals surface area contributed by atoms with Gasteiger partial charge in [0.05, 0.1) is 6.34 Å². The molecule has 0 bridgehead atoms. The third kappa shape index (κ3) is 6.15. The van der Waals surface area contributed by atoms with Crippen molar-refractivity contribution in [1.82, 2.24) is 15.6 Å². The second-order valence-corrected chi connectivity index (χ2v) is 6.84. The predicted molar refractivity (Wildman–Crippen MR) is 125 cm³/mol. The van der Waals surface area contributed by atoms with Gasteiger partial charge in [0, 0.05) is 36.8 Å². The van der Waals surface area contributed by atoms with Gasteiger partial charge in [0.2, 0.25) is 11.8 Å². The second-order valence-electron chi connectivity index (χ2n) is 6.84. The Morgan fingerprint density at radius 1 is 1.09 bits per heavy atom. The third-order valence-electron chi connectivity index (χ3n) is 4.36. The highest BCUT2D eigenvalue weighted by Gasteiger charge is 2.22. The van der Waals surface area contributed by atoms with Gasteiger partial charge in [-0.25, -0.2) is 4.98 Å². The average molecular weight is 431 g/mol. The third-order valence-corrected chi connectivity index (χ3v) is 4.36. The van der Waals surface area contributed by atoms with Gasteiger partial charge in [0.15, 0.2) is 11.5 Å². The van der Waals surface area contributed by atoms with Crippen molar-refractivity contribution in [3.05, 3.63) is 73.1 Å². The summed E-state index contributed by atoms with van der Waals surface area (Å²) in [6.45, 7) is 5.98. The number of nitrogens with zero attached hydrogens (tertiary/aromatic N) is 2. The molecule has 0 unspecified atom stereocenters. The van der Waals surface area contributed by atoms with Crippen LogP contribution in [0.25, 0.3) is 22.8 Å². The van der Waals surface area contributed by atoms with Crippen molar-refractivity contribution < 1.29 is 14.0 Å². The zero-order valence-electron chi connectivity index (χ0n) is 17.8. The molecule has 1 aromatic heterocycles. The fraction of sp³-hybridized carbons (Fsp3) is 0.167. The Labute approximate surface area is 186 Å². The first kappa shape index (κ1) is 22.5. The van der Waals surface area contributed by atoms with E-state index in [0.29, 0.717) is 42.4 Å². The zero-order chi connectivity index (χ0) is 22.8. The molecule has 0 saturated carbocycles. The summed E-state index contributed by atoms with van der Waals surface area (Å²) < 4.78 is 6.00. The Kier molecular flexibility index (Phi) is 7.91. The van der Waals surface area contributed by atoms with Crippen LogP contribution in [0.4, 0.5) is 5.69 Å². The molecular formula is C24H25N5O3. The minimum Gasteiger partial charge on any atom is -0.435 e. The summed E-state index contributed by atoms with van der Waals surface area (Å²) in [5.74, 6) is 0.235. The maximum Gasteiger partial charge on any atom is 0.273 e. The van der Waals surface area contributed by atoms with Gasteiger partial charge in [-0.15, -0.1) is 0 Å². The number of amides is 2. The normalized spacial score (nSPS) is 10.7. The van der Waals surface area contributed by atoms with Gasteiger partial charge in [-0.3, -0.25) is 14.6 Å². The highest BCUT2D eigenvalue weighted by molar-refractivity contribution is 5.98. The van der Waals surface area contributed by atoms with E-state index in [1.807, 2.05) is 30.3 Å². The Morgan fingerprint density at radius 3 is 2.53 bits per heavy atom. The maximum atomic E-state index is 12.9. The standard InChI is InChI=1S/C24H25N5O3/c1-3-25-16-26-14-7-15-27-23(31)21-22(18-10-12-20(13-11-18)28-17(2)30)32-24(29-21)19-8-5-4-6-9-19/h3-6,8-13,16H,1,7,14-15H2,2H3,(H,25,26)(H,27,31)(H,28,30). The van der Waals surface area contributed by atoms with Crippen LogP contribution in [0.1, 0.15) is 23.8 Å². The molecule has 0 saturated heterocycles. The van der Waals surface area contributed by atoms with Crippen LogP contribution in [0.2, 0.25) is 0 Å². The first-order valence-electron chi connectivity index (χ1n) is 10.2. The number of anilines is 1. The SMILES string of the molecule is C=CNC=NCCCNC(=O)c1nc(-c2ccccc2)oc1-c1ccc(NC(C)=O)cc1. The summed E-state index contributed by atoms with van der Waals surface area (Å²) in [7, 11) is 0. The van der Waals surface area contributed by atoms with Crippen LogP contribution >= 0.6 is 0 Å². The monoisotopic (exact) mass is 431 g/mol. The van der Waals surface area contributed by atoms with Crippen molar-refractivity contribution in [3.8, 4) is 22.8 Å². The summed E-state index contributed by atoms with van der Waals surface area (Å²) in [6, 6.07) is 16.4. The minimum absolute atomic E-state index is 0.159. The van der Waals surface area contributed by atoms with E-state index in [1.165, 1.54) is 13.1 Å². The van der Waals surface area contributed by atoms with Crippen LogP contribution in [0.5, 0.6) is 0 Å². The Morgan fingerprint density at radius 2 is 1.84 bits per heavy atom. The molecule has 32 heavy (non-hydrogen) atoms. The van der Waals surface area contributed by atoms with Gasteiger partial charge >= 0.3 is 0 Å². The molecule has 1 heterocycles. The molecule has 3 aromatic rings. The molecular weight excluding hydrogens is 406 g/mol. The van der Waals surface area contributed by atoms with Gasteiger partial charge in [-0.05, 0) is 49.0 Å².